The van der Waals surface area contributed by atoms with Gasteiger partial charge in [0.05, 0.1) is 4.92 Å². The number of non-ortho nitro benzene ring substituents is 1. The van der Waals surface area contributed by atoms with E-state index in [0.29, 0.717) is 22.4 Å². The maximum atomic E-state index is 13.0. The van der Waals surface area contributed by atoms with Crippen molar-refractivity contribution < 1.29 is 9.72 Å². The van der Waals surface area contributed by atoms with Gasteiger partial charge in [0, 0.05) is 53.9 Å². The van der Waals surface area contributed by atoms with Crippen LogP contribution < -0.4 is 10.6 Å². The molecule has 4 aromatic rings. The summed E-state index contributed by atoms with van der Waals surface area (Å²) in [6.45, 7) is 0.749. The number of hydrogen-bond acceptors (Lipinski definition) is 5. The maximum Gasteiger partial charge on any atom is 0.270 e. The predicted octanol–water partition coefficient (Wildman–Crippen LogP) is 5.56. The van der Waals surface area contributed by atoms with Crippen molar-refractivity contribution in [1.82, 2.24) is 4.98 Å². The number of nitrogens with zero attached hydrogens (tertiary/aromatic N) is 2. The zero-order chi connectivity index (χ0) is 23.0. The molecule has 1 heterocycles. The van der Waals surface area contributed by atoms with E-state index in [4.69, 9.17) is 0 Å². The van der Waals surface area contributed by atoms with Gasteiger partial charge >= 0.3 is 0 Å². The number of aromatic nitrogens is 1. The number of hydrogen-bond donors (Lipinski definition) is 2. The standard InChI is InChI=1S/C26H22N4O3/c31-26(25-10-2-1-9-24(25)19-6-5-8-23(18-19)30(32)33)29-22-13-11-21(12-14-22)28-17-15-20-7-3-4-16-27-20/h1-14,16,18,28H,15,17H2,(H,29,31). The van der Waals surface area contributed by atoms with Crippen molar-refractivity contribution in [1.29, 1.82) is 0 Å². The molecule has 2 N–H and O–H groups in total. The van der Waals surface area contributed by atoms with Gasteiger partial charge in [0.1, 0.15) is 0 Å². The first-order valence-electron chi connectivity index (χ1n) is 10.5. The lowest BCUT2D eigenvalue weighted by Crippen LogP contribution is -2.13. The van der Waals surface area contributed by atoms with Crippen molar-refractivity contribution in [2.45, 2.75) is 6.42 Å². The molecule has 3 aromatic carbocycles. The monoisotopic (exact) mass is 438 g/mol. The van der Waals surface area contributed by atoms with Gasteiger partial charge in [-0.3, -0.25) is 19.9 Å². The van der Waals surface area contributed by atoms with Crippen molar-refractivity contribution in [3.63, 3.8) is 0 Å². The van der Waals surface area contributed by atoms with Crippen LogP contribution in [-0.2, 0) is 6.42 Å². The van der Waals surface area contributed by atoms with Crippen molar-refractivity contribution in [3.8, 4) is 11.1 Å². The molecule has 164 valence electrons. The SMILES string of the molecule is O=C(Nc1ccc(NCCc2ccccn2)cc1)c1ccccc1-c1cccc([N+](=O)[O-])c1. The zero-order valence-corrected chi connectivity index (χ0v) is 17.8. The fraction of sp³-hybridized carbons (Fsp3) is 0.0769. The maximum absolute atomic E-state index is 13.0. The summed E-state index contributed by atoms with van der Waals surface area (Å²) in [4.78, 5) is 28.0. The number of carbonyl (C=O) groups excluding carboxylic acids is 1. The van der Waals surface area contributed by atoms with Gasteiger partial charge in [0.2, 0.25) is 0 Å². The van der Waals surface area contributed by atoms with Crippen LogP contribution in [0.2, 0.25) is 0 Å². The van der Waals surface area contributed by atoms with Gasteiger partial charge in [0.15, 0.2) is 0 Å². The number of amides is 1. The average Bonchev–Trinajstić information content (AvgIpc) is 2.86. The van der Waals surface area contributed by atoms with Crippen LogP contribution in [0, 0.1) is 10.1 Å². The van der Waals surface area contributed by atoms with E-state index in [1.54, 1.807) is 42.6 Å². The minimum Gasteiger partial charge on any atom is -0.385 e. The number of nitrogens with one attached hydrogen (secondary N) is 2. The van der Waals surface area contributed by atoms with Crippen LogP contribution in [0.5, 0.6) is 0 Å². The lowest BCUT2D eigenvalue weighted by atomic mass is 9.98. The Hall–Kier alpha value is -4.52. The lowest BCUT2D eigenvalue weighted by molar-refractivity contribution is -0.384. The summed E-state index contributed by atoms with van der Waals surface area (Å²) < 4.78 is 0. The molecule has 33 heavy (non-hydrogen) atoms. The van der Waals surface area contributed by atoms with Crippen LogP contribution in [0.25, 0.3) is 11.1 Å². The molecule has 0 atom stereocenters. The highest BCUT2D eigenvalue weighted by Gasteiger charge is 2.15. The Balaban J connectivity index is 1.42. The molecule has 7 heteroatoms. The molecular weight excluding hydrogens is 416 g/mol. The molecule has 0 saturated carbocycles. The molecule has 0 bridgehead atoms. The van der Waals surface area contributed by atoms with Crippen molar-refractivity contribution in [3.05, 3.63) is 119 Å². The van der Waals surface area contributed by atoms with Gasteiger partial charge in [-0.1, -0.05) is 36.4 Å². The smallest absolute Gasteiger partial charge is 0.270 e. The van der Waals surface area contributed by atoms with Gasteiger partial charge in [-0.15, -0.1) is 0 Å². The zero-order valence-electron chi connectivity index (χ0n) is 17.8. The summed E-state index contributed by atoms with van der Waals surface area (Å²) in [6, 6.07) is 26.6. The minimum atomic E-state index is -0.446. The summed E-state index contributed by atoms with van der Waals surface area (Å²) in [5, 5.41) is 17.4. The van der Waals surface area contributed by atoms with Crippen LogP contribution in [0.15, 0.2) is 97.2 Å². The Kier molecular flexibility index (Phi) is 6.70. The van der Waals surface area contributed by atoms with Gasteiger partial charge < -0.3 is 10.6 Å². The van der Waals surface area contributed by atoms with E-state index in [0.717, 1.165) is 24.3 Å². The molecule has 0 unspecified atom stereocenters. The largest absolute Gasteiger partial charge is 0.385 e. The fourth-order valence-corrected chi connectivity index (χ4v) is 3.47. The predicted molar refractivity (Wildman–Crippen MR) is 129 cm³/mol. The van der Waals surface area contributed by atoms with Crippen molar-refractivity contribution in [2.75, 3.05) is 17.2 Å². The third kappa shape index (κ3) is 5.59. The molecule has 0 aliphatic carbocycles. The van der Waals surface area contributed by atoms with E-state index in [1.807, 2.05) is 42.5 Å². The van der Waals surface area contributed by atoms with E-state index in [-0.39, 0.29) is 11.6 Å². The van der Waals surface area contributed by atoms with Gasteiger partial charge in [-0.2, -0.15) is 0 Å². The molecule has 1 aromatic heterocycles. The third-order valence-electron chi connectivity index (χ3n) is 5.12. The van der Waals surface area contributed by atoms with Gasteiger partial charge in [-0.25, -0.2) is 0 Å². The summed E-state index contributed by atoms with van der Waals surface area (Å²) in [5.74, 6) is -0.284. The molecule has 0 aliphatic heterocycles. The first kappa shape index (κ1) is 21.7. The topological polar surface area (TPSA) is 97.2 Å². The molecule has 7 nitrogen and oxygen atoms in total. The number of rotatable bonds is 8. The summed E-state index contributed by atoms with van der Waals surface area (Å²) in [5.41, 5.74) is 4.29. The first-order chi connectivity index (χ1) is 16.1. The number of nitro benzene ring substituents is 1. The third-order valence-corrected chi connectivity index (χ3v) is 5.12. The summed E-state index contributed by atoms with van der Waals surface area (Å²) >= 11 is 0. The molecular formula is C26H22N4O3. The molecule has 0 spiro atoms. The Morgan fingerprint density at radius 1 is 0.879 bits per heavy atom. The number of anilines is 2. The van der Waals surface area contributed by atoms with Crippen LogP contribution in [0.4, 0.5) is 17.1 Å². The summed E-state index contributed by atoms with van der Waals surface area (Å²) in [6.07, 6.45) is 2.59. The van der Waals surface area contributed by atoms with E-state index < -0.39 is 4.92 Å². The second-order valence-corrected chi connectivity index (χ2v) is 7.38. The van der Waals surface area contributed by atoms with Crippen LogP contribution in [-0.4, -0.2) is 22.4 Å². The molecule has 4 rings (SSSR count). The highest BCUT2D eigenvalue weighted by atomic mass is 16.6. The van der Waals surface area contributed by atoms with Gasteiger partial charge in [0.25, 0.3) is 11.6 Å². The van der Waals surface area contributed by atoms with Crippen LogP contribution in [0.1, 0.15) is 16.1 Å². The van der Waals surface area contributed by atoms with E-state index in [9.17, 15) is 14.9 Å². The lowest BCUT2D eigenvalue weighted by Gasteiger charge is -2.11. The molecule has 1 amide bonds. The number of nitro groups is 1. The van der Waals surface area contributed by atoms with E-state index >= 15 is 0 Å². The van der Waals surface area contributed by atoms with E-state index in [1.165, 1.54) is 12.1 Å². The quantitative estimate of drug-likeness (QED) is 0.277. The van der Waals surface area contributed by atoms with Gasteiger partial charge in [-0.05, 0) is 53.6 Å². The summed E-state index contributed by atoms with van der Waals surface area (Å²) in [7, 11) is 0. The number of benzene rings is 3. The van der Waals surface area contributed by atoms with Crippen molar-refractivity contribution in [2.24, 2.45) is 0 Å². The van der Waals surface area contributed by atoms with Crippen LogP contribution >= 0.6 is 0 Å². The second kappa shape index (κ2) is 10.2. The highest BCUT2D eigenvalue weighted by molar-refractivity contribution is 6.08. The Bertz CT molecular complexity index is 1260. The Morgan fingerprint density at radius 2 is 1.64 bits per heavy atom. The van der Waals surface area contributed by atoms with Crippen molar-refractivity contribution >= 4 is 23.0 Å². The van der Waals surface area contributed by atoms with Crippen LogP contribution in [0.3, 0.4) is 0 Å². The first-order valence-corrected chi connectivity index (χ1v) is 10.5. The average molecular weight is 438 g/mol. The normalized spacial score (nSPS) is 10.4. The molecule has 0 radical (unpaired) electrons. The fourth-order valence-electron chi connectivity index (χ4n) is 3.47. The second-order valence-electron chi connectivity index (χ2n) is 7.38. The molecule has 0 aliphatic rings. The Morgan fingerprint density at radius 3 is 2.39 bits per heavy atom. The molecule has 0 fully saturated rings. The Labute approximate surface area is 191 Å². The number of pyridine rings is 1. The van der Waals surface area contributed by atoms with E-state index in [2.05, 4.69) is 15.6 Å². The minimum absolute atomic E-state index is 0.0196. The highest BCUT2D eigenvalue weighted by Crippen LogP contribution is 2.27. The number of carbonyl (C=O) groups is 1. The molecule has 0 saturated heterocycles.